The Morgan fingerprint density at radius 2 is 1.77 bits per heavy atom. The van der Waals surface area contributed by atoms with E-state index >= 15 is 0 Å². The molecule has 1 N–H and O–H groups in total. The molecule has 5 nitrogen and oxygen atoms in total. The summed E-state index contributed by atoms with van der Waals surface area (Å²) in [6.07, 6.45) is 5.09. The van der Waals surface area contributed by atoms with Crippen LogP contribution in [0.5, 0.6) is 0 Å². The van der Waals surface area contributed by atoms with E-state index < -0.39 is 18.6 Å². The summed E-state index contributed by atoms with van der Waals surface area (Å²) in [7, 11) is 0. The minimum absolute atomic E-state index is 0. The molecule has 1 aromatic carbocycles. The molecule has 0 atom stereocenters. The molecule has 0 amide bonds. The fourth-order valence-electron chi connectivity index (χ4n) is 5.17. The van der Waals surface area contributed by atoms with Crippen LogP contribution in [0.2, 0.25) is 0 Å². The van der Waals surface area contributed by atoms with E-state index in [2.05, 4.69) is 16.0 Å². The fraction of sp³-hybridized carbons (Fsp3) is 0.432. The second kappa shape index (κ2) is 15.4. The number of allylic oxidation sites excluding steroid dienone is 2. The number of benzene rings is 1. The van der Waals surface area contributed by atoms with Crippen molar-refractivity contribution in [3.8, 4) is 11.3 Å². The molecule has 0 fully saturated rings. The smallest absolute Gasteiger partial charge is 0.216 e. The monoisotopic (exact) mass is 795 g/mol. The van der Waals surface area contributed by atoms with Gasteiger partial charge in [-0.2, -0.15) is 0 Å². The van der Waals surface area contributed by atoms with Crippen LogP contribution in [0.25, 0.3) is 43.4 Å². The number of aliphatic hydroxyl groups is 1. The number of carbonyl (C=O) groups is 1. The maximum Gasteiger partial charge on any atom is 0.216 e. The molecule has 0 aliphatic rings. The SMILES string of the molecule is CCC(CC)C(=O)/C=C(\O)C(CC)CC.[2H]C([2H])([2H])c1ccc2c(n1)oc1c(-c3nccc4sc(C([2H])([2H])C(C)(C)C)cc34)[c-]ccc12.[Ir]. The van der Waals surface area contributed by atoms with Crippen LogP contribution in [0.1, 0.15) is 91.6 Å². The van der Waals surface area contributed by atoms with Crippen molar-refractivity contribution < 1.29 is 41.3 Å². The first-order chi connectivity index (χ1) is 22.5. The van der Waals surface area contributed by atoms with Crippen LogP contribution < -0.4 is 0 Å². The van der Waals surface area contributed by atoms with Gasteiger partial charge in [0, 0.05) is 77.4 Å². The number of pyridine rings is 2. The van der Waals surface area contributed by atoms with Crippen LogP contribution in [0.15, 0.2) is 58.8 Å². The number of aliphatic hydroxyl groups excluding tert-OH is 1. The Morgan fingerprint density at radius 3 is 2.41 bits per heavy atom. The number of ketones is 1. The second-order valence-electron chi connectivity index (χ2n) is 11.8. The van der Waals surface area contributed by atoms with Crippen molar-refractivity contribution in [2.24, 2.45) is 17.3 Å². The predicted octanol–water partition coefficient (Wildman–Crippen LogP) is 10.8. The summed E-state index contributed by atoms with van der Waals surface area (Å²) in [5, 5.41) is 12.1. The van der Waals surface area contributed by atoms with E-state index in [4.69, 9.17) is 11.3 Å². The molecule has 4 heterocycles. The van der Waals surface area contributed by atoms with Gasteiger partial charge in [0.15, 0.2) is 5.78 Å². The van der Waals surface area contributed by atoms with Crippen LogP contribution in [-0.2, 0) is 31.3 Å². The topological polar surface area (TPSA) is 76.2 Å². The molecule has 0 saturated carbocycles. The standard InChI is InChI=1S/C24H21N2OS.C13H24O2.Ir/c1-14-8-9-17-16-6-5-7-18(22(16)27-23(17)26-14)21-19-12-15(13-24(2,3)4)28-20(19)10-11-25-21;1-5-10(6-2)12(14)9-13(15)11(7-3)8-4;/h5-6,8-12H,13H2,1-4H3;9-11,14H,5-8H2,1-4H3;/q-1;;/b;12-9-;/i1D3,13D2;;. The molecule has 4 aromatic heterocycles. The summed E-state index contributed by atoms with van der Waals surface area (Å²) in [5.74, 6) is 0.547. The number of furan rings is 1. The van der Waals surface area contributed by atoms with Crippen LogP contribution in [0.4, 0.5) is 0 Å². The van der Waals surface area contributed by atoms with Gasteiger partial charge in [0.2, 0.25) is 5.71 Å². The molecule has 0 aliphatic carbocycles. The third-order valence-corrected chi connectivity index (χ3v) is 8.58. The first kappa shape index (κ1) is 28.6. The number of hydrogen-bond donors (Lipinski definition) is 1. The van der Waals surface area contributed by atoms with Crippen molar-refractivity contribution in [3.05, 3.63) is 71.1 Å². The molecule has 0 spiro atoms. The molecule has 1 radical (unpaired) electrons. The van der Waals surface area contributed by atoms with E-state index in [1.54, 1.807) is 18.3 Å². The first-order valence-corrected chi connectivity index (χ1v) is 15.9. The minimum Gasteiger partial charge on any atom is -0.512 e. The summed E-state index contributed by atoms with van der Waals surface area (Å²) in [5.41, 5.74) is 1.45. The zero-order chi connectivity index (χ0) is 35.6. The molecule has 237 valence electrons. The van der Waals surface area contributed by atoms with E-state index in [1.165, 1.54) is 23.5 Å². The summed E-state index contributed by atoms with van der Waals surface area (Å²) in [6.45, 7) is 11.4. The van der Waals surface area contributed by atoms with Gasteiger partial charge in [-0.3, -0.25) is 4.79 Å². The number of hydrogen-bond acceptors (Lipinski definition) is 6. The van der Waals surface area contributed by atoms with Crippen LogP contribution in [-0.4, -0.2) is 20.9 Å². The predicted molar refractivity (Wildman–Crippen MR) is 181 cm³/mol. The Hall–Kier alpha value is -2.86. The quantitative estimate of drug-likeness (QED) is 0.0914. The number of thiophene rings is 1. The van der Waals surface area contributed by atoms with Crippen molar-refractivity contribution in [3.63, 3.8) is 0 Å². The molecule has 5 rings (SSSR count). The molecular formula is C37H45IrN2O3S-. The largest absolute Gasteiger partial charge is 0.512 e. The van der Waals surface area contributed by atoms with Gasteiger partial charge in [0.25, 0.3) is 0 Å². The number of fused-ring (bicyclic) bond motifs is 4. The maximum atomic E-state index is 11.7. The molecular weight excluding hydrogens is 745 g/mol. The zero-order valence-corrected chi connectivity index (χ0v) is 29.7. The first-order valence-electron chi connectivity index (χ1n) is 17.6. The van der Waals surface area contributed by atoms with Gasteiger partial charge >= 0.3 is 0 Å². The Labute approximate surface area is 286 Å². The Bertz CT molecular complexity index is 1930. The van der Waals surface area contributed by atoms with Crippen molar-refractivity contribution >= 4 is 49.3 Å². The third kappa shape index (κ3) is 8.24. The minimum atomic E-state index is -2.32. The van der Waals surface area contributed by atoms with Gasteiger partial charge in [0.1, 0.15) is 0 Å². The van der Waals surface area contributed by atoms with Gasteiger partial charge < -0.3 is 14.5 Å². The molecule has 0 unspecified atom stereocenters. The number of aromatic nitrogens is 2. The fourth-order valence-corrected chi connectivity index (χ4v) is 6.34. The van der Waals surface area contributed by atoms with E-state index in [0.717, 1.165) is 46.5 Å². The molecule has 44 heavy (non-hydrogen) atoms. The van der Waals surface area contributed by atoms with Crippen LogP contribution in [0.3, 0.4) is 0 Å². The molecule has 0 bridgehead atoms. The van der Waals surface area contributed by atoms with Crippen molar-refractivity contribution in [1.29, 1.82) is 0 Å². The number of aryl methyl sites for hydroxylation is 1. The Morgan fingerprint density at radius 1 is 1.07 bits per heavy atom. The molecule has 0 aliphatic heterocycles. The summed E-state index contributed by atoms with van der Waals surface area (Å²) >= 11 is 1.42. The van der Waals surface area contributed by atoms with E-state index in [-0.39, 0.29) is 54.9 Å². The van der Waals surface area contributed by atoms with E-state index in [1.807, 2.05) is 66.7 Å². The number of carbonyl (C=O) groups excluding carboxylic acids is 1. The Kier molecular flexibility index (Phi) is 10.0. The summed E-state index contributed by atoms with van der Waals surface area (Å²) < 4.78 is 47.2. The normalized spacial score (nSPS) is 14.5. The average Bonchev–Trinajstić information content (AvgIpc) is 3.64. The van der Waals surface area contributed by atoms with E-state index in [9.17, 15) is 9.90 Å². The van der Waals surface area contributed by atoms with Crippen molar-refractivity contribution in [1.82, 2.24) is 9.97 Å². The van der Waals surface area contributed by atoms with Gasteiger partial charge in [-0.05, 0) is 74.0 Å². The van der Waals surface area contributed by atoms with Gasteiger partial charge in [0.05, 0.1) is 11.3 Å². The number of nitrogens with zero attached hydrogens (tertiary/aromatic N) is 2. The van der Waals surface area contributed by atoms with Crippen molar-refractivity contribution in [2.75, 3.05) is 0 Å². The van der Waals surface area contributed by atoms with Crippen molar-refractivity contribution in [2.45, 2.75) is 87.4 Å². The van der Waals surface area contributed by atoms with E-state index in [0.29, 0.717) is 21.7 Å². The molecule has 5 aromatic rings. The summed E-state index contributed by atoms with van der Waals surface area (Å²) in [6, 6.07) is 13.8. The summed E-state index contributed by atoms with van der Waals surface area (Å²) in [4.78, 5) is 21.2. The molecule has 0 saturated heterocycles. The average molecular weight is 795 g/mol. The van der Waals surface area contributed by atoms with Crippen LogP contribution >= 0.6 is 11.3 Å². The molecule has 7 heteroatoms. The van der Waals surface area contributed by atoms with Crippen LogP contribution in [0, 0.1) is 30.2 Å². The number of rotatable bonds is 9. The third-order valence-electron chi connectivity index (χ3n) is 7.56. The second-order valence-corrected chi connectivity index (χ2v) is 12.9. The van der Waals surface area contributed by atoms with Gasteiger partial charge in [-0.15, -0.1) is 29.5 Å². The van der Waals surface area contributed by atoms with Gasteiger partial charge in [-0.1, -0.05) is 59.4 Å². The maximum absolute atomic E-state index is 11.7. The zero-order valence-electron chi connectivity index (χ0n) is 31.5. The Balaban J connectivity index is 0.000000347. The van der Waals surface area contributed by atoms with Gasteiger partial charge in [-0.25, -0.2) is 4.98 Å².